The van der Waals surface area contributed by atoms with Gasteiger partial charge in [-0.25, -0.2) is 13.6 Å². The number of carboxylic acids is 1. The third kappa shape index (κ3) is 4.14. The molecule has 6 nitrogen and oxygen atoms in total. The van der Waals surface area contributed by atoms with Gasteiger partial charge in [-0.15, -0.1) is 0 Å². The van der Waals surface area contributed by atoms with Crippen molar-refractivity contribution in [3.05, 3.63) is 35.4 Å². The number of urea groups is 1. The fraction of sp³-hybridized carbons (Fsp3) is 0.429. The van der Waals surface area contributed by atoms with Gasteiger partial charge in [0.05, 0.1) is 12.5 Å². The SMILES string of the molecule is O=C(O)CCNC(=O)NC1CCOC1c1ccc(F)c(F)c1. The number of hydrogen-bond acceptors (Lipinski definition) is 3. The molecule has 8 heteroatoms. The number of hydrogen-bond donors (Lipinski definition) is 3. The van der Waals surface area contributed by atoms with Crippen LogP contribution < -0.4 is 10.6 Å². The van der Waals surface area contributed by atoms with Crippen LogP contribution in [0, 0.1) is 11.6 Å². The molecule has 0 bridgehead atoms. The van der Waals surface area contributed by atoms with Crippen molar-refractivity contribution in [1.82, 2.24) is 10.6 Å². The van der Waals surface area contributed by atoms with E-state index in [1.807, 2.05) is 0 Å². The molecule has 0 aliphatic carbocycles. The molecule has 2 rings (SSSR count). The molecule has 0 radical (unpaired) electrons. The third-order valence-electron chi connectivity index (χ3n) is 3.30. The Morgan fingerprint density at radius 2 is 2.09 bits per heavy atom. The van der Waals surface area contributed by atoms with Gasteiger partial charge in [0.2, 0.25) is 0 Å². The summed E-state index contributed by atoms with van der Waals surface area (Å²) in [7, 11) is 0. The standard InChI is InChI=1S/C14H16F2N2O4/c15-9-2-1-8(7-10(9)16)13-11(4-6-22-13)18-14(21)17-5-3-12(19)20/h1-2,7,11,13H,3-6H2,(H,19,20)(H2,17,18,21). The molecule has 1 aromatic rings. The summed E-state index contributed by atoms with van der Waals surface area (Å²) in [5, 5.41) is 13.6. The van der Waals surface area contributed by atoms with E-state index < -0.39 is 35.8 Å². The largest absolute Gasteiger partial charge is 0.481 e. The van der Waals surface area contributed by atoms with Gasteiger partial charge in [0, 0.05) is 13.2 Å². The Morgan fingerprint density at radius 3 is 2.77 bits per heavy atom. The molecular weight excluding hydrogens is 298 g/mol. The molecule has 2 atom stereocenters. The van der Waals surface area contributed by atoms with Crippen molar-refractivity contribution in [2.45, 2.75) is 25.0 Å². The van der Waals surface area contributed by atoms with Crippen molar-refractivity contribution >= 4 is 12.0 Å². The van der Waals surface area contributed by atoms with Gasteiger partial charge in [0.25, 0.3) is 0 Å². The number of rotatable bonds is 5. The number of amides is 2. The number of benzene rings is 1. The number of carbonyl (C=O) groups is 2. The van der Waals surface area contributed by atoms with Gasteiger partial charge in [-0.3, -0.25) is 4.79 Å². The van der Waals surface area contributed by atoms with Gasteiger partial charge in [-0.1, -0.05) is 6.07 Å². The first kappa shape index (κ1) is 16.2. The molecule has 2 unspecified atom stereocenters. The van der Waals surface area contributed by atoms with Crippen LogP contribution in [0.2, 0.25) is 0 Å². The maximum Gasteiger partial charge on any atom is 0.315 e. The van der Waals surface area contributed by atoms with Gasteiger partial charge >= 0.3 is 12.0 Å². The Labute approximate surface area is 125 Å². The Bertz CT molecular complexity index is 568. The lowest BCUT2D eigenvalue weighted by Crippen LogP contribution is -2.43. The van der Waals surface area contributed by atoms with Crippen molar-refractivity contribution in [3.63, 3.8) is 0 Å². The van der Waals surface area contributed by atoms with E-state index >= 15 is 0 Å². The van der Waals surface area contributed by atoms with Crippen LogP contribution in [-0.4, -0.2) is 36.3 Å². The summed E-state index contributed by atoms with van der Waals surface area (Å²) in [4.78, 5) is 22.0. The predicted molar refractivity (Wildman–Crippen MR) is 72.2 cm³/mol. The number of ether oxygens (including phenoxy) is 1. The fourth-order valence-electron chi connectivity index (χ4n) is 2.26. The highest BCUT2D eigenvalue weighted by atomic mass is 19.2. The van der Waals surface area contributed by atoms with E-state index in [0.29, 0.717) is 18.6 Å². The summed E-state index contributed by atoms with van der Waals surface area (Å²) < 4.78 is 31.7. The van der Waals surface area contributed by atoms with Crippen molar-refractivity contribution in [2.24, 2.45) is 0 Å². The van der Waals surface area contributed by atoms with E-state index in [9.17, 15) is 18.4 Å². The van der Waals surface area contributed by atoms with Crippen LogP contribution in [-0.2, 0) is 9.53 Å². The molecule has 120 valence electrons. The van der Waals surface area contributed by atoms with Crippen molar-refractivity contribution < 1.29 is 28.2 Å². The highest BCUT2D eigenvalue weighted by molar-refractivity contribution is 5.75. The van der Waals surface area contributed by atoms with Crippen molar-refractivity contribution in [3.8, 4) is 0 Å². The third-order valence-corrected chi connectivity index (χ3v) is 3.30. The predicted octanol–water partition coefficient (Wildman–Crippen LogP) is 1.57. The van der Waals surface area contributed by atoms with Gasteiger partial charge < -0.3 is 20.5 Å². The first-order valence-electron chi connectivity index (χ1n) is 6.80. The van der Waals surface area contributed by atoms with Crippen LogP contribution in [0.5, 0.6) is 0 Å². The molecule has 22 heavy (non-hydrogen) atoms. The molecule has 1 saturated heterocycles. The van der Waals surface area contributed by atoms with E-state index in [-0.39, 0.29) is 13.0 Å². The minimum Gasteiger partial charge on any atom is -0.481 e. The molecule has 1 aliphatic rings. The van der Waals surface area contributed by atoms with Gasteiger partial charge in [0.1, 0.15) is 6.10 Å². The molecule has 1 aromatic carbocycles. The summed E-state index contributed by atoms with van der Waals surface area (Å²) in [5.41, 5.74) is 0.437. The molecule has 2 amide bonds. The molecular formula is C14H16F2N2O4. The van der Waals surface area contributed by atoms with Crippen LogP contribution in [0.3, 0.4) is 0 Å². The average molecular weight is 314 g/mol. The summed E-state index contributed by atoms with van der Waals surface area (Å²) in [6, 6.07) is 2.54. The first-order valence-corrected chi connectivity index (χ1v) is 6.80. The number of nitrogens with one attached hydrogen (secondary N) is 2. The summed E-state index contributed by atoms with van der Waals surface area (Å²) in [6.07, 6.45) is -0.225. The molecule has 1 heterocycles. The van der Waals surface area contributed by atoms with Crippen LogP contribution >= 0.6 is 0 Å². The van der Waals surface area contributed by atoms with Crippen LogP contribution in [0.25, 0.3) is 0 Å². The highest BCUT2D eigenvalue weighted by Crippen LogP contribution is 2.29. The number of aliphatic carboxylic acids is 1. The number of halogens is 2. The van der Waals surface area contributed by atoms with E-state index in [0.717, 1.165) is 12.1 Å². The van der Waals surface area contributed by atoms with Crippen LogP contribution in [0.15, 0.2) is 18.2 Å². The van der Waals surface area contributed by atoms with Gasteiger partial charge in [-0.05, 0) is 24.1 Å². The zero-order valence-electron chi connectivity index (χ0n) is 11.6. The molecule has 1 aliphatic heterocycles. The first-order chi connectivity index (χ1) is 10.5. The minimum absolute atomic E-state index is 0.00455. The fourth-order valence-corrected chi connectivity index (χ4v) is 2.26. The average Bonchev–Trinajstić information content (AvgIpc) is 2.89. The second-order valence-corrected chi connectivity index (χ2v) is 4.90. The number of carbonyl (C=O) groups excluding carboxylic acids is 1. The minimum atomic E-state index is -1.01. The Balaban J connectivity index is 1.94. The lowest BCUT2D eigenvalue weighted by Gasteiger charge is -2.20. The van der Waals surface area contributed by atoms with Crippen LogP contribution in [0.1, 0.15) is 24.5 Å². The Morgan fingerprint density at radius 1 is 1.32 bits per heavy atom. The normalized spacial score (nSPS) is 20.6. The molecule has 0 aromatic heterocycles. The van der Waals surface area contributed by atoms with E-state index in [1.165, 1.54) is 6.07 Å². The summed E-state index contributed by atoms with van der Waals surface area (Å²) in [6.45, 7) is 0.383. The Kier molecular flexibility index (Phi) is 5.26. The maximum atomic E-state index is 13.3. The van der Waals surface area contributed by atoms with E-state index in [2.05, 4.69) is 10.6 Å². The monoisotopic (exact) mass is 314 g/mol. The second-order valence-electron chi connectivity index (χ2n) is 4.90. The van der Waals surface area contributed by atoms with Crippen molar-refractivity contribution in [2.75, 3.05) is 13.2 Å². The lowest BCUT2D eigenvalue weighted by atomic mass is 10.0. The maximum absolute atomic E-state index is 13.3. The van der Waals surface area contributed by atoms with Gasteiger partial charge in [-0.2, -0.15) is 0 Å². The zero-order valence-corrected chi connectivity index (χ0v) is 11.6. The van der Waals surface area contributed by atoms with Gasteiger partial charge in [0.15, 0.2) is 11.6 Å². The topological polar surface area (TPSA) is 87.7 Å². The Hall–Kier alpha value is -2.22. The quantitative estimate of drug-likeness (QED) is 0.770. The molecule has 0 saturated carbocycles. The molecule has 3 N–H and O–H groups in total. The molecule has 1 fully saturated rings. The molecule has 0 spiro atoms. The second kappa shape index (κ2) is 7.17. The smallest absolute Gasteiger partial charge is 0.315 e. The summed E-state index contributed by atoms with van der Waals surface area (Å²) >= 11 is 0. The van der Waals surface area contributed by atoms with E-state index in [1.54, 1.807) is 0 Å². The van der Waals surface area contributed by atoms with E-state index in [4.69, 9.17) is 9.84 Å². The zero-order chi connectivity index (χ0) is 16.1. The van der Waals surface area contributed by atoms with Crippen molar-refractivity contribution in [1.29, 1.82) is 0 Å². The van der Waals surface area contributed by atoms with Crippen LogP contribution in [0.4, 0.5) is 13.6 Å². The highest BCUT2D eigenvalue weighted by Gasteiger charge is 2.31. The lowest BCUT2D eigenvalue weighted by molar-refractivity contribution is -0.136. The number of carboxylic acid groups (broad SMARTS) is 1. The summed E-state index contributed by atoms with van der Waals surface area (Å²) in [5.74, 6) is -2.93.